The largest absolute Gasteiger partial charge is 0.496 e. The molecule has 0 saturated carbocycles. The maximum Gasteiger partial charge on any atom is 0.416 e. The molecular formula is C23H27Cl2F3N4O. The van der Waals surface area contributed by atoms with Crippen LogP contribution in [0.4, 0.5) is 19.1 Å². The van der Waals surface area contributed by atoms with E-state index in [4.69, 9.17) is 21.3 Å². The fraction of sp³-hybridized carbons (Fsp3) is 0.391. The lowest BCUT2D eigenvalue weighted by Gasteiger charge is -2.30. The van der Waals surface area contributed by atoms with Gasteiger partial charge in [0.1, 0.15) is 5.75 Å². The molecular weight excluding hydrogens is 476 g/mol. The highest BCUT2D eigenvalue weighted by Gasteiger charge is 2.31. The van der Waals surface area contributed by atoms with E-state index in [9.17, 15) is 13.2 Å². The fourth-order valence-corrected chi connectivity index (χ4v) is 3.91. The molecule has 0 aliphatic carbocycles. The maximum atomic E-state index is 13.0. The van der Waals surface area contributed by atoms with Crippen LogP contribution in [0.1, 0.15) is 43.9 Å². The summed E-state index contributed by atoms with van der Waals surface area (Å²) in [6.07, 6.45) is -2.85. The fourth-order valence-electron chi connectivity index (χ4n) is 3.74. The molecule has 33 heavy (non-hydrogen) atoms. The van der Waals surface area contributed by atoms with E-state index in [0.717, 1.165) is 29.7 Å². The summed E-state index contributed by atoms with van der Waals surface area (Å²) in [5.41, 5.74) is 0.871. The molecule has 0 saturated heterocycles. The van der Waals surface area contributed by atoms with Gasteiger partial charge < -0.3 is 9.64 Å². The summed E-state index contributed by atoms with van der Waals surface area (Å²) < 4.78 is 46.1. The minimum atomic E-state index is -4.36. The molecule has 0 N–H and O–H groups in total. The average Bonchev–Trinajstić information content (AvgIpc) is 3.14. The second kappa shape index (κ2) is 11.1. The van der Waals surface area contributed by atoms with Crippen molar-refractivity contribution in [2.75, 3.05) is 18.6 Å². The number of halogens is 5. The summed E-state index contributed by atoms with van der Waals surface area (Å²) in [5.74, 6) is 1.70. The molecule has 0 bridgehead atoms. The Kier molecular flexibility index (Phi) is 9.03. The SMILES string of the molecule is CCCN(c1nc(-c2ccc(Cl)cc2OC)n(C)n1)[C@@H](CC)c1ccc(C(F)(F)F)cc1.Cl. The molecule has 0 amide bonds. The molecule has 0 aliphatic heterocycles. The van der Waals surface area contributed by atoms with E-state index >= 15 is 0 Å². The summed E-state index contributed by atoms with van der Waals surface area (Å²) in [5, 5.41) is 5.17. The van der Waals surface area contributed by atoms with Crippen molar-refractivity contribution in [3.05, 3.63) is 58.6 Å². The number of aryl methyl sites for hydroxylation is 1. The Morgan fingerprint density at radius 2 is 1.79 bits per heavy atom. The number of hydrogen-bond acceptors (Lipinski definition) is 4. The predicted octanol–water partition coefficient (Wildman–Crippen LogP) is 6.95. The molecule has 0 aliphatic rings. The third-order valence-corrected chi connectivity index (χ3v) is 5.50. The highest BCUT2D eigenvalue weighted by molar-refractivity contribution is 6.30. The van der Waals surface area contributed by atoms with Gasteiger partial charge in [0.2, 0.25) is 5.95 Å². The van der Waals surface area contributed by atoms with Crippen LogP contribution in [-0.4, -0.2) is 28.4 Å². The van der Waals surface area contributed by atoms with E-state index in [1.165, 1.54) is 12.1 Å². The zero-order valence-electron chi connectivity index (χ0n) is 18.9. The van der Waals surface area contributed by atoms with Crippen molar-refractivity contribution >= 4 is 30.0 Å². The van der Waals surface area contributed by atoms with Crippen molar-refractivity contribution in [2.24, 2.45) is 7.05 Å². The van der Waals surface area contributed by atoms with Gasteiger partial charge in [0, 0.05) is 18.6 Å². The average molecular weight is 503 g/mol. The molecule has 1 atom stereocenters. The van der Waals surface area contributed by atoms with E-state index < -0.39 is 11.7 Å². The van der Waals surface area contributed by atoms with Crippen LogP contribution >= 0.6 is 24.0 Å². The number of anilines is 1. The summed E-state index contributed by atoms with van der Waals surface area (Å²) in [6, 6.07) is 10.4. The standard InChI is InChI=1S/C23H26ClF3N4O.ClH/c1-5-13-31(19(6-2)15-7-9-16(10-8-15)23(25,26)27)22-28-21(30(3)29-22)18-12-11-17(24)14-20(18)32-4;/h7-12,14,19H,5-6,13H2,1-4H3;1H/t19-;/m0./s1. The zero-order valence-corrected chi connectivity index (χ0v) is 20.4. The van der Waals surface area contributed by atoms with Crippen molar-refractivity contribution in [3.63, 3.8) is 0 Å². The molecule has 0 radical (unpaired) electrons. The van der Waals surface area contributed by atoms with E-state index in [0.29, 0.717) is 35.5 Å². The van der Waals surface area contributed by atoms with Crippen LogP contribution in [-0.2, 0) is 13.2 Å². The summed E-state index contributed by atoms with van der Waals surface area (Å²) >= 11 is 6.09. The number of alkyl halides is 3. The predicted molar refractivity (Wildman–Crippen MR) is 127 cm³/mol. The molecule has 0 spiro atoms. The van der Waals surface area contributed by atoms with Gasteiger partial charge >= 0.3 is 6.18 Å². The minimum Gasteiger partial charge on any atom is -0.496 e. The molecule has 5 nitrogen and oxygen atoms in total. The molecule has 1 aromatic heterocycles. The van der Waals surface area contributed by atoms with Crippen molar-refractivity contribution < 1.29 is 17.9 Å². The van der Waals surface area contributed by atoms with Gasteiger partial charge in [-0.2, -0.15) is 18.2 Å². The van der Waals surface area contributed by atoms with Crippen LogP contribution in [0, 0.1) is 0 Å². The molecule has 180 valence electrons. The number of nitrogens with zero attached hydrogens (tertiary/aromatic N) is 4. The minimum absolute atomic E-state index is 0. The van der Waals surface area contributed by atoms with Gasteiger partial charge in [-0.1, -0.05) is 37.6 Å². The number of aromatic nitrogens is 3. The van der Waals surface area contributed by atoms with Crippen LogP contribution in [0.15, 0.2) is 42.5 Å². The molecule has 0 fully saturated rings. The van der Waals surface area contributed by atoms with Gasteiger partial charge in [-0.05, 0) is 48.7 Å². The van der Waals surface area contributed by atoms with Crippen LogP contribution in [0.5, 0.6) is 5.75 Å². The van der Waals surface area contributed by atoms with Gasteiger partial charge in [-0.15, -0.1) is 17.5 Å². The molecule has 0 unspecified atom stereocenters. The highest BCUT2D eigenvalue weighted by Crippen LogP contribution is 2.35. The normalized spacial score (nSPS) is 12.2. The molecule has 3 aromatic rings. The van der Waals surface area contributed by atoms with Gasteiger partial charge in [0.05, 0.1) is 24.3 Å². The summed E-state index contributed by atoms with van der Waals surface area (Å²) in [4.78, 5) is 6.80. The second-order valence-electron chi connectivity index (χ2n) is 7.44. The quantitative estimate of drug-likeness (QED) is 0.334. The van der Waals surface area contributed by atoms with Crippen LogP contribution in [0.25, 0.3) is 11.4 Å². The first-order valence-electron chi connectivity index (χ1n) is 10.4. The van der Waals surface area contributed by atoms with E-state index in [1.807, 2.05) is 24.8 Å². The third kappa shape index (κ3) is 5.92. The van der Waals surface area contributed by atoms with Gasteiger partial charge in [-0.3, -0.25) is 0 Å². The Morgan fingerprint density at radius 3 is 2.33 bits per heavy atom. The molecule has 3 rings (SSSR count). The Hall–Kier alpha value is -2.45. The Morgan fingerprint density at radius 1 is 1.12 bits per heavy atom. The van der Waals surface area contributed by atoms with Crippen molar-refractivity contribution in [3.8, 4) is 17.1 Å². The number of benzene rings is 2. The molecule has 10 heteroatoms. The van der Waals surface area contributed by atoms with Crippen molar-refractivity contribution in [1.82, 2.24) is 14.8 Å². The van der Waals surface area contributed by atoms with Crippen molar-refractivity contribution in [2.45, 2.75) is 38.9 Å². The molecule has 1 heterocycles. The van der Waals surface area contributed by atoms with Crippen molar-refractivity contribution in [1.29, 1.82) is 0 Å². The summed E-state index contributed by atoms with van der Waals surface area (Å²) in [7, 11) is 3.36. The first-order valence-corrected chi connectivity index (χ1v) is 10.8. The number of methoxy groups -OCH3 is 1. The van der Waals surface area contributed by atoms with E-state index in [1.54, 1.807) is 31.0 Å². The highest BCUT2D eigenvalue weighted by atomic mass is 35.5. The van der Waals surface area contributed by atoms with Gasteiger partial charge in [0.25, 0.3) is 0 Å². The van der Waals surface area contributed by atoms with Gasteiger partial charge in [-0.25, -0.2) is 4.68 Å². The number of ether oxygens (including phenoxy) is 1. The zero-order chi connectivity index (χ0) is 23.5. The lowest BCUT2D eigenvalue weighted by molar-refractivity contribution is -0.137. The molecule has 2 aromatic carbocycles. The first kappa shape index (κ1) is 26.8. The lowest BCUT2D eigenvalue weighted by atomic mass is 10.0. The smallest absolute Gasteiger partial charge is 0.416 e. The van der Waals surface area contributed by atoms with E-state index in [2.05, 4.69) is 5.10 Å². The Labute approximate surface area is 202 Å². The Bertz CT molecular complexity index is 1050. The lowest BCUT2D eigenvalue weighted by Crippen LogP contribution is -2.30. The second-order valence-corrected chi connectivity index (χ2v) is 7.88. The van der Waals surface area contributed by atoms with Crippen LogP contribution in [0.3, 0.4) is 0 Å². The van der Waals surface area contributed by atoms with E-state index in [-0.39, 0.29) is 18.4 Å². The van der Waals surface area contributed by atoms with Crippen LogP contribution in [0.2, 0.25) is 5.02 Å². The maximum absolute atomic E-state index is 13.0. The third-order valence-electron chi connectivity index (χ3n) is 5.26. The Balaban J connectivity index is 0.00000385. The first-order chi connectivity index (χ1) is 15.2. The summed E-state index contributed by atoms with van der Waals surface area (Å²) in [6.45, 7) is 4.69. The van der Waals surface area contributed by atoms with Crippen LogP contribution < -0.4 is 9.64 Å². The monoisotopic (exact) mass is 502 g/mol. The topological polar surface area (TPSA) is 43.2 Å². The van der Waals surface area contributed by atoms with Gasteiger partial charge in [0.15, 0.2) is 5.82 Å². The number of rotatable bonds is 8. The number of hydrogen-bond donors (Lipinski definition) is 0.